The molecule has 0 radical (unpaired) electrons. The van der Waals surface area contributed by atoms with Crippen LogP contribution in [0.5, 0.6) is 0 Å². The molecule has 1 aliphatic heterocycles. The third-order valence-electron chi connectivity index (χ3n) is 1.32. The Morgan fingerprint density at radius 1 is 1.67 bits per heavy atom. The topological polar surface area (TPSA) is 37.9 Å². The second kappa shape index (κ2) is 1.62. The van der Waals surface area contributed by atoms with E-state index in [9.17, 15) is 0 Å². The molecule has 3 nitrogen and oxygen atoms in total. The van der Waals surface area contributed by atoms with E-state index < -0.39 is 0 Å². The van der Waals surface area contributed by atoms with Gasteiger partial charge in [0.05, 0.1) is 18.2 Å². The molecule has 0 unspecified atom stereocenters. The first kappa shape index (κ1) is 4.61. The maximum absolute atomic E-state index is 5.00. The standard InChI is InChI=1S/C6H6N2O/c1-2-9-4-6-5(1)3-7-8-6/h1-3H,4H2,(H,7,8). The highest BCUT2D eigenvalue weighted by atomic mass is 16.5. The molecule has 1 aromatic heterocycles. The van der Waals surface area contributed by atoms with Crippen molar-refractivity contribution in [3.63, 3.8) is 0 Å². The molecule has 3 heteroatoms. The monoisotopic (exact) mass is 122 g/mol. The summed E-state index contributed by atoms with van der Waals surface area (Å²) in [4.78, 5) is 0. The van der Waals surface area contributed by atoms with E-state index in [1.54, 1.807) is 12.5 Å². The summed E-state index contributed by atoms with van der Waals surface area (Å²) in [5.41, 5.74) is 2.18. The number of aromatic amines is 1. The number of H-pyrrole nitrogens is 1. The van der Waals surface area contributed by atoms with Gasteiger partial charge in [0.2, 0.25) is 0 Å². The number of fused-ring (bicyclic) bond motifs is 1. The van der Waals surface area contributed by atoms with Crippen LogP contribution in [0.1, 0.15) is 11.3 Å². The summed E-state index contributed by atoms with van der Waals surface area (Å²) in [5.74, 6) is 0. The first-order chi connectivity index (χ1) is 4.47. The molecule has 1 aliphatic rings. The highest BCUT2D eigenvalue weighted by Crippen LogP contribution is 2.12. The van der Waals surface area contributed by atoms with Crippen LogP contribution in [-0.2, 0) is 11.3 Å². The Morgan fingerprint density at radius 3 is 3.56 bits per heavy atom. The van der Waals surface area contributed by atoms with Gasteiger partial charge < -0.3 is 4.74 Å². The highest BCUT2D eigenvalue weighted by molar-refractivity contribution is 5.50. The number of aromatic nitrogens is 2. The zero-order chi connectivity index (χ0) is 6.10. The minimum absolute atomic E-state index is 0.617. The largest absolute Gasteiger partial charge is 0.495 e. The van der Waals surface area contributed by atoms with E-state index in [-0.39, 0.29) is 0 Å². The van der Waals surface area contributed by atoms with Crippen LogP contribution < -0.4 is 0 Å². The lowest BCUT2D eigenvalue weighted by Crippen LogP contribution is -1.93. The van der Waals surface area contributed by atoms with E-state index in [1.807, 2.05) is 6.08 Å². The van der Waals surface area contributed by atoms with Crippen LogP contribution in [-0.4, -0.2) is 10.2 Å². The zero-order valence-corrected chi connectivity index (χ0v) is 4.79. The van der Waals surface area contributed by atoms with Crippen LogP contribution in [0.25, 0.3) is 6.08 Å². The third-order valence-corrected chi connectivity index (χ3v) is 1.32. The number of hydrogen-bond acceptors (Lipinski definition) is 2. The van der Waals surface area contributed by atoms with E-state index in [0.29, 0.717) is 6.61 Å². The second-order valence-corrected chi connectivity index (χ2v) is 1.92. The SMILES string of the molecule is C1=Cc2cn[nH]c2CO1. The van der Waals surface area contributed by atoms with Crippen molar-refractivity contribution in [3.05, 3.63) is 23.7 Å². The van der Waals surface area contributed by atoms with Gasteiger partial charge in [-0.3, -0.25) is 5.10 Å². The van der Waals surface area contributed by atoms with Gasteiger partial charge in [0.25, 0.3) is 0 Å². The zero-order valence-electron chi connectivity index (χ0n) is 4.79. The molecule has 0 atom stereocenters. The van der Waals surface area contributed by atoms with Crippen molar-refractivity contribution in [1.29, 1.82) is 0 Å². The summed E-state index contributed by atoms with van der Waals surface area (Å²) in [7, 11) is 0. The van der Waals surface area contributed by atoms with Gasteiger partial charge >= 0.3 is 0 Å². The van der Waals surface area contributed by atoms with Crippen LogP contribution in [0.15, 0.2) is 12.5 Å². The van der Waals surface area contributed by atoms with Gasteiger partial charge in [-0.05, 0) is 6.08 Å². The van der Waals surface area contributed by atoms with Crippen LogP contribution in [0.2, 0.25) is 0 Å². The average molecular weight is 122 g/mol. The summed E-state index contributed by atoms with van der Waals surface area (Å²) in [5, 5.41) is 6.68. The van der Waals surface area contributed by atoms with E-state index >= 15 is 0 Å². The van der Waals surface area contributed by atoms with Crippen LogP contribution in [0.3, 0.4) is 0 Å². The maximum atomic E-state index is 5.00. The summed E-state index contributed by atoms with van der Waals surface area (Å²) >= 11 is 0. The molecular formula is C6H6N2O. The fourth-order valence-corrected chi connectivity index (χ4v) is 0.834. The lowest BCUT2D eigenvalue weighted by atomic mass is 10.2. The summed E-state index contributed by atoms with van der Waals surface area (Å²) in [6.45, 7) is 0.617. The normalized spacial score (nSPS) is 14.7. The molecule has 0 aliphatic carbocycles. The first-order valence-corrected chi connectivity index (χ1v) is 2.77. The molecule has 46 valence electrons. The number of hydrogen-bond donors (Lipinski definition) is 1. The molecule has 1 aromatic rings. The minimum atomic E-state index is 0.617. The van der Waals surface area contributed by atoms with Crippen LogP contribution in [0.4, 0.5) is 0 Å². The van der Waals surface area contributed by atoms with Gasteiger partial charge in [-0.15, -0.1) is 0 Å². The van der Waals surface area contributed by atoms with E-state index in [4.69, 9.17) is 4.74 Å². The Bertz CT molecular complexity index is 239. The molecule has 0 bridgehead atoms. The summed E-state index contributed by atoms with van der Waals surface area (Å²) in [6, 6.07) is 0. The third kappa shape index (κ3) is 0.614. The van der Waals surface area contributed by atoms with Crippen molar-refractivity contribution >= 4 is 6.08 Å². The van der Waals surface area contributed by atoms with Gasteiger partial charge in [0.15, 0.2) is 0 Å². The molecule has 0 aromatic carbocycles. The molecule has 0 spiro atoms. The lowest BCUT2D eigenvalue weighted by molar-refractivity contribution is 0.230. The highest BCUT2D eigenvalue weighted by Gasteiger charge is 2.04. The molecular weight excluding hydrogens is 116 g/mol. The molecule has 2 heterocycles. The van der Waals surface area contributed by atoms with Crippen LogP contribution >= 0.6 is 0 Å². The van der Waals surface area contributed by atoms with E-state index in [2.05, 4.69) is 10.2 Å². The van der Waals surface area contributed by atoms with Gasteiger partial charge in [0, 0.05) is 5.56 Å². The van der Waals surface area contributed by atoms with E-state index in [1.165, 1.54) is 0 Å². The Morgan fingerprint density at radius 2 is 2.67 bits per heavy atom. The molecule has 2 rings (SSSR count). The van der Waals surface area contributed by atoms with Gasteiger partial charge in [-0.1, -0.05) is 0 Å². The maximum Gasteiger partial charge on any atom is 0.129 e. The van der Waals surface area contributed by atoms with Crippen molar-refractivity contribution in [2.75, 3.05) is 0 Å². The molecule has 0 saturated carbocycles. The van der Waals surface area contributed by atoms with Gasteiger partial charge in [-0.25, -0.2) is 0 Å². The average Bonchev–Trinajstić information content (AvgIpc) is 2.33. The number of nitrogens with zero attached hydrogens (tertiary/aromatic N) is 1. The molecule has 0 saturated heterocycles. The minimum Gasteiger partial charge on any atom is -0.495 e. The predicted octanol–water partition coefficient (Wildman–Crippen LogP) is 0.911. The van der Waals surface area contributed by atoms with Crippen molar-refractivity contribution in [2.24, 2.45) is 0 Å². The van der Waals surface area contributed by atoms with Gasteiger partial charge in [-0.2, -0.15) is 5.10 Å². The summed E-state index contributed by atoms with van der Waals surface area (Å²) < 4.78 is 5.00. The van der Waals surface area contributed by atoms with Crippen LogP contribution in [0, 0.1) is 0 Å². The lowest BCUT2D eigenvalue weighted by Gasteiger charge is -2.03. The Labute approximate surface area is 52.3 Å². The number of ether oxygens (including phenoxy) is 1. The molecule has 0 amide bonds. The smallest absolute Gasteiger partial charge is 0.129 e. The van der Waals surface area contributed by atoms with Crippen molar-refractivity contribution in [2.45, 2.75) is 6.61 Å². The molecule has 1 N–H and O–H groups in total. The Hall–Kier alpha value is -1.25. The predicted molar refractivity (Wildman–Crippen MR) is 32.4 cm³/mol. The fourth-order valence-electron chi connectivity index (χ4n) is 0.834. The quantitative estimate of drug-likeness (QED) is 0.555. The van der Waals surface area contributed by atoms with Crippen molar-refractivity contribution < 1.29 is 4.74 Å². The van der Waals surface area contributed by atoms with E-state index in [0.717, 1.165) is 11.3 Å². The number of nitrogens with one attached hydrogen (secondary N) is 1. The Kier molecular flexibility index (Phi) is 0.828. The molecule has 0 fully saturated rings. The Balaban J connectivity index is 2.53. The fraction of sp³-hybridized carbons (Fsp3) is 0.167. The van der Waals surface area contributed by atoms with Crippen molar-refractivity contribution in [1.82, 2.24) is 10.2 Å². The molecule has 9 heavy (non-hydrogen) atoms. The summed E-state index contributed by atoms with van der Waals surface area (Å²) in [6.07, 6.45) is 5.36. The van der Waals surface area contributed by atoms with Gasteiger partial charge in [0.1, 0.15) is 6.61 Å². The second-order valence-electron chi connectivity index (χ2n) is 1.92. The first-order valence-electron chi connectivity index (χ1n) is 2.77. The van der Waals surface area contributed by atoms with Crippen molar-refractivity contribution in [3.8, 4) is 0 Å². The number of rotatable bonds is 0.